The quantitative estimate of drug-likeness (QED) is 0.0206. The van der Waals surface area contributed by atoms with Crippen molar-refractivity contribution >= 4 is 17.9 Å². The van der Waals surface area contributed by atoms with Gasteiger partial charge in [-0.15, -0.1) is 0 Å². The Morgan fingerprint density at radius 3 is 1.17 bits per heavy atom. The van der Waals surface area contributed by atoms with Gasteiger partial charge in [-0.2, -0.15) is 0 Å². The first-order valence-corrected chi connectivity index (χ1v) is 22.1. The van der Waals surface area contributed by atoms with E-state index in [0.29, 0.717) is 19.3 Å². The summed E-state index contributed by atoms with van der Waals surface area (Å²) in [6.07, 6.45) is 66.7. The number of hydrogen-bond donors (Lipinski definition) is 0. The monoisotopic (exact) mass is 809 g/mol. The van der Waals surface area contributed by atoms with Gasteiger partial charge in [0.25, 0.3) is 0 Å². The average Bonchev–Trinajstić information content (AvgIpc) is 3.23. The third kappa shape index (κ3) is 44.0. The van der Waals surface area contributed by atoms with E-state index in [2.05, 4.69) is 106 Å². The van der Waals surface area contributed by atoms with Crippen LogP contribution in [0.5, 0.6) is 0 Å². The zero-order chi connectivity index (χ0) is 43.0. The fourth-order valence-corrected chi connectivity index (χ4v) is 5.00. The van der Waals surface area contributed by atoms with Crippen molar-refractivity contribution < 1.29 is 28.6 Å². The number of ether oxygens (including phenoxy) is 3. The Labute approximate surface area is 359 Å². The minimum atomic E-state index is -0.849. The Bertz CT molecular complexity index is 1440. The van der Waals surface area contributed by atoms with Crippen molar-refractivity contribution in [1.29, 1.82) is 0 Å². The lowest BCUT2D eigenvalue weighted by molar-refractivity contribution is -0.167. The molecule has 0 aliphatic heterocycles. The molecule has 1 unspecified atom stereocenters. The molecule has 0 rings (SSSR count). The minimum Gasteiger partial charge on any atom is -0.462 e. The van der Waals surface area contributed by atoms with Crippen molar-refractivity contribution in [2.75, 3.05) is 13.2 Å². The number of hydrogen-bond acceptors (Lipinski definition) is 6. The predicted molar refractivity (Wildman–Crippen MR) is 251 cm³/mol. The van der Waals surface area contributed by atoms with Crippen LogP contribution in [0.25, 0.3) is 0 Å². The Kier molecular flexibility index (Phi) is 41.9. The van der Waals surface area contributed by atoms with Crippen LogP contribution < -0.4 is 0 Å². The lowest BCUT2D eigenvalue weighted by atomic mass is 10.1. The molecular weight excluding hydrogens is 733 g/mol. The molecule has 1 atom stereocenters. The van der Waals surface area contributed by atoms with Gasteiger partial charge in [0.05, 0.1) is 0 Å². The summed E-state index contributed by atoms with van der Waals surface area (Å²) < 4.78 is 16.5. The summed E-state index contributed by atoms with van der Waals surface area (Å²) in [5, 5.41) is 0. The van der Waals surface area contributed by atoms with Crippen LogP contribution in [0, 0.1) is 0 Å². The summed E-state index contributed by atoms with van der Waals surface area (Å²) >= 11 is 0. The van der Waals surface area contributed by atoms with E-state index < -0.39 is 12.1 Å². The van der Waals surface area contributed by atoms with Crippen LogP contribution in [0.2, 0.25) is 0 Å². The van der Waals surface area contributed by atoms with Gasteiger partial charge in [-0.1, -0.05) is 185 Å². The summed E-state index contributed by atoms with van der Waals surface area (Å²) in [5.74, 6) is -1.12. The third-order valence-electron chi connectivity index (χ3n) is 8.20. The highest BCUT2D eigenvalue weighted by atomic mass is 16.6. The number of esters is 3. The molecule has 0 saturated carbocycles. The van der Waals surface area contributed by atoms with Gasteiger partial charge in [-0.3, -0.25) is 14.4 Å². The van der Waals surface area contributed by atoms with E-state index in [9.17, 15) is 14.4 Å². The van der Waals surface area contributed by atoms with Crippen LogP contribution in [0.3, 0.4) is 0 Å². The van der Waals surface area contributed by atoms with Gasteiger partial charge in [0.15, 0.2) is 6.10 Å². The maximum Gasteiger partial charge on any atom is 0.306 e. The number of carbonyl (C=O) groups is 3. The highest BCUT2D eigenvalue weighted by Crippen LogP contribution is 2.09. The summed E-state index contributed by atoms with van der Waals surface area (Å²) in [6.45, 7) is 6.06. The van der Waals surface area contributed by atoms with E-state index in [-0.39, 0.29) is 44.4 Å². The van der Waals surface area contributed by atoms with E-state index >= 15 is 0 Å². The van der Waals surface area contributed by atoms with Crippen LogP contribution in [-0.2, 0) is 28.6 Å². The first-order chi connectivity index (χ1) is 29.0. The predicted octanol–water partition coefficient (Wildman–Crippen LogP) is 14.3. The van der Waals surface area contributed by atoms with Gasteiger partial charge in [0, 0.05) is 19.3 Å². The molecular formula is C53H76O6. The molecule has 0 radical (unpaired) electrons. The van der Waals surface area contributed by atoms with Crippen LogP contribution in [0.1, 0.15) is 136 Å². The Hall–Kier alpha value is -4.97. The standard InChI is InChI=1S/C53H76O6/c1-4-7-10-13-16-19-22-23-24-25-26-27-28-29-32-34-37-40-43-46-52(55)58-49-50(59-53(56)47-44-41-38-35-31-21-18-15-12-9-6-3)48-57-51(54)45-42-39-36-33-30-20-17-14-11-8-5-2/h7-13,16-29,32-33,35-36,38,50H,4-6,14-15,30-31,34,37,39-49H2,1-3H3/b10-7-,11-8-,12-9-,16-13-,20-17-,21-18-,22-19-,24-23-,26-25+,28-27-,32-29-,36-33-,38-35-. The normalized spacial score (nSPS) is 13.6. The average molecular weight is 809 g/mol. The van der Waals surface area contributed by atoms with Crippen molar-refractivity contribution in [3.8, 4) is 0 Å². The molecule has 0 aromatic rings. The van der Waals surface area contributed by atoms with Crippen molar-refractivity contribution in [1.82, 2.24) is 0 Å². The third-order valence-corrected chi connectivity index (χ3v) is 8.20. The second-order valence-electron chi connectivity index (χ2n) is 13.6. The SMILES string of the molecule is CC\C=C/C=C\C=C/C=C\C=C\C=C/C=C\CCCCCC(=O)OCC(COC(=O)CCC/C=C\C/C=C\C/C=C\CC)OC(=O)CCC/C=C\C/C=C\C/C=C\CC. The fourth-order valence-electron chi connectivity index (χ4n) is 5.00. The molecule has 0 aliphatic rings. The maximum atomic E-state index is 12.7. The van der Waals surface area contributed by atoms with Gasteiger partial charge in [-0.25, -0.2) is 0 Å². The first-order valence-electron chi connectivity index (χ1n) is 22.1. The van der Waals surface area contributed by atoms with Gasteiger partial charge < -0.3 is 14.2 Å². The molecule has 6 nitrogen and oxygen atoms in total. The van der Waals surface area contributed by atoms with E-state index in [1.54, 1.807) is 0 Å². The Balaban J connectivity index is 4.62. The van der Waals surface area contributed by atoms with Crippen molar-refractivity contribution in [3.63, 3.8) is 0 Å². The van der Waals surface area contributed by atoms with Gasteiger partial charge in [0.2, 0.25) is 0 Å². The zero-order valence-electron chi connectivity index (χ0n) is 36.7. The molecule has 0 saturated heterocycles. The number of rotatable bonds is 36. The fraction of sp³-hybridized carbons (Fsp3) is 0.453. The van der Waals surface area contributed by atoms with Gasteiger partial charge in [0.1, 0.15) is 13.2 Å². The second kappa shape index (κ2) is 45.7. The van der Waals surface area contributed by atoms with Crippen molar-refractivity contribution in [3.05, 3.63) is 158 Å². The second-order valence-corrected chi connectivity index (χ2v) is 13.6. The number of carbonyl (C=O) groups excluding carboxylic acids is 3. The molecule has 324 valence electrons. The van der Waals surface area contributed by atoms with E-state index in [4.69, 9.17) is 14.2 Å². The van der Waals surface area contributed by atoms with Gasteiger partial charge >= 0.3 is 17.9 Å². The molecule has 0 aliphatic carbocycles. The summed E-state index contributed by atoms with van der Waals surface area (Å²) in [6, 6.07) is 0. The molecule has 0 spiro atoms. The number of allylic oxidation sites excluding steroid dienone is 26. The summed E-state index contributed by atoms with van der Waals surface area (Å²) in [5.41, 5.74) is 0. The van der Waals surface area contributed by atoms with Crippen molar-refractivity contribution in [2.45, 2.75) is 142 Å². The Morgan fingerprint density at radius 2 is 0.712 bits per heavy atom. The molecule has 59 heavy (non-hydrogen) atoms. The highest BCUT2D eigenvalue weighted by molar-refractivity contribution is 5.71. The molecule has 0 fully saturated rings. The number of unbranched alkanes of at least 4 members (excludes halogenated alkanes) is 5. The maximum absolute atomic E-state index is 12.7. The summed E-state index contributed by atoms with van der Waals surface area (Å²) in [7, 11) is 0. The summed E-state index contributed by atoms with van der Waals surface area (Å²) in [4.78, 5) is 37.7. The zero-order valence-corrected chi connectivity index (χ0v) is 36.7. The Morgan fingerprint density at radius 1 is 0.356 bits per heavy atom. The lowest BCUT2D eigenvalue weighted by Crippen LogP contribution is -2.30. The molecule has 0 N–H and O–H groups in total. The smallest absolute Gasteiger partial charge is 0.306 e. The first kappa shape index (κ1) is 54.0. The van der Waals surface area contributed by atoms with E-state index in [0.717, 1.165) is 77.0 Å². The molecule has 0 aromatic heterocycles. The minimum absolute atomic E-state index is 0.147. The molecule has 0 bridgehead atoms. The highest BCUT2D eigenvalue weighted by Gasteiger charge is 2.19. The largest absolute Gasteiger partial charge is 0.462 e. The van der Waals surface area contributed by atoms with Crippen LogP contribution >= 0.6 is 0 Å². The molecule has 0 aromatic carbocycles. The van der Waals surface area contributed by atoms with Crippen LogP contribution in [0.4, 0.5) is 0 Å². The van der Waals surface area contributed by atoms with Gasteiger partial charge in [-0.05, 0) is 89.9 Å². The molecule has 0 heterocycles. The van der Waals surface area contributed by atoms with Crippen LogP contribution in [-0.4, -0.2) is 37.2 Å². The lowest BCUT2D eigenvalue weighted by Gasteiger charge is -2.18. The molecule has 6 heteroatoms. The van der Waals surface area contributed by atoms with E-state index in [1.165, 1.54) is 0 Å². The van der Waals surface area contributed by atoms with Crippen LogP contribution in [0.15, 0.2) is 158 Å². The topological polar surface area (TPSA) is 78.9 Å². The van der Waals surface area contributed by atoms with Crippen molar-refractivity contribution in [2.24, 2.45) is 0 Å². The van der Waals surface area contributed by atoms with E-state index in [1.807, 2.05) is 72.9 Å². The molecule has 0 amide bonds.